The maximum atomic E-state index is 11.9. The third-order valence-electron chi connectivity index (χ3n) is 2.76. The molecule has 7 nitrogen and oxygen atoms in total. The van der Waals surface area contributed by atoms with Crippen LogP contribution in [0.4, 0.5) is 5.82 Å². The molecular formula is C13H12N6O. The van der Waals surface area contributed by atoms with Crippen molar-refractivity contribution in [3.63, 3.8) is 0 Å². The molecule has 3 rings (SSSR count). The van der Waals surface area contributed by atoms with Gasteiger partial charge in [-0.25, -0.2) is 0 Å². The van der Waals surface area contributed by atoms with E-state index in [-0.39, 0.29) is 5.91 Å². The van der Waals surface area contributed by atoms with Crippen LogP contribution in [0.1, 0.15) is 10.5 Å². The second-order valence-corrected chi connectivity index (χ2v) is 4.23. The van der Waals surface area contributed by atoms with Crippen molar-refractivity contribution in [3.05, 3.63) is 48.5 Å². The molecule has 3 heterocycles. The number of aromatic nitrogens is 5. The highest BCUT2D eigenvalue weighted by molar-refractivity contribution is 6.02. The van der Waals surface area contributed by atoms with E-state index in [0.29, 0.717) is 11.5 Å². The van der Waals surface area contributed by atoms with Crippen LogP contribution in [-0.4, -0.2) is 30.9 Å². The summed E-state index contributed by atoms with van der Waals surface area (Å²) < 4.78 is 1.57. The Morgan fingerprint density at radius 1 is 1.30 bits per heavy atom. The molecule has 0 atom stereocenters. The minimum absolute atomic E-state index is 0.293. The molecule has 3 aromatic rings. The van der Waals surface area contributed by atoms with E-state index < -0.39 is 0 Å². The molecule has 20 heavy (non-hydrogen) atoms. The number of amides is 1. The molecule has 0 aliphatic heterocycles. The second kappa shape index (κ2) is 4.96. The first kappa shape index (κ1) is 12.1. The van der Waals surface area contributed by atoms with Crippen LogP contribution in [0.3, 0.4) is 0 Å². The highest BCUT2D eigenvalue weighted by Gasteiger charge is 2.11. The van der Waals surface area contributed by atoms with E-state index in [2.05, 4.69) is 25.6 Å². The van der Waals surface area contributed by atoms with Gasteiger partial charge in [0, 0.05) is 37.3 Å². The second-order valence-electron chi connectivity index (χ2n) is 4.23. The Kier molecular flexibility index (Phi) is 3.00. The molecule has 3 aromatic heterocycles. The number of rotatable bonds is 3. The van der Waals surface area contributed by atoms with Crippen molar-refractivity contribution in [1.29, 1.82) is 0 Å². The van der Waals surface area contributed by atoms with Crippen molar-refractivity contribution in [2.75, 3.05) is 5.32 Å². The summed E-state index contributed by atoms with van der Waals surface area (Å²) in [5.74, 6) is 0.158. The van der Waals surface area contributed by atoms with E-state index >= 15 is 0 Å². The lowest BCUT2D eigenvalue weighted by molar-refractivity contribution is 0.102. The lowest BCUT2D eigenvalue weighted by Crippen LogP contribution is -2.13. The molecule has 2 N–H and O–H groups in total. The van der Waals surface area contributed by atoms with Crippen LogP contribution in [0.5, 0.6) is 0 Å². The van der Waals surface area contributed by atoms with Gasteiger partial charge in [0.2, 0.25) is 0 Å². The highest BCUT2D eigenvalue weighted by Crippen LogP contribution is 2.18. The molecule has 0 aromatic carbocycles. The van der Waals surface area contributed by atoms with Crippen LogP contribution < -0.4 is 5.32 Å². The van der Waals surface area contributed by atoms with Crippen LogP contribution in [-0.2, 0) is 7.05 Å². The van der Waals surface area contributed by atoms with Gasteiger partial charge in [-0.2, -0.15) is 10.2 Å². The molecule has 0 saturated carbocycles. The van der Waals surface area contributed by atoms with Crippen LogP contribution >= 0.6 is 0 Å². The lowest BCUT2D eigenvalue weighted by Gasteiger charge is -1.97. The predicted octanol–water partition coefficient (Wildman–Crippen LogP) is 1.46. The average Bonchev–Trinajstić information content (AvgIpc) is 3.09. The number of hydrogen-bond donors (Lipinski definition) is 2. The molecule has 0 aliphatic carbocycles. The summed E-state index contributed by atoms with van der Waals surface area (Å²) in [4.78, 5) is 15.9. The Morgan fingerprint density at radius 3 is 2.80 bits per heavy atom. The van der Waals surface area contributed by atoms with Gasteiger partial charge in [0.25, 0.3) is 5.91 Å². The minimum Gasteiger partial charge on any atom is -0.304 e. The number of carbonyl (C=O) groups is 1. The van der Waals surface area contributed by atoms with Crippen molar-refractivity contribution in [2.45, 2.75) is 0 Å². The van der Waals surface area contributed by atoms with Gasteiger partial charge in [-0.1, -0.05) is 0 Å². The molecular weight excluding hydrogens is 256 g/mol. The number of anilines is 1. The van der Waals surface area contributed by atoms with Gasteiger partial charge in [0.1, 0.15) is 0 Å². The zero-order chi connectivity index (χ0) is 13.9. The molecule has 0 aliphatic rings. The third-order valence-corrected chi connectivity index (χ3v) is 2.76. The van der Waals surface area contributed by atoms with Crippen LogP contribution in [0, 0.1) is 0 Å². The maximum Gasteiger partial charge on any atom is 0.277 e. The smallest absolute Gasteiger partial charge is 0.277 e. The van der Waals surface area contributed by atoms with Crippen LogP contribution in [0.2, 0.25) is 0 Å². The number of nitrogens with zero attached hydrogens (tertiary/aromatic N) is 4. The fraction of sp³-hybridized carbons (Fsp3) is 0.0769. The molecule has 7 heteroatoms. The quantitative estimate of drug-likeness (QED) is 0.752. The van der Waals surface area contributed by atoms with Crippen molar-refractivity contribution >= 4 is 11.7 Å². The van der Waals surface area contributed by atoms with E-state index in [9.17, 15) is 4.79 Å². The summed E-state index contributed by atoms with van der Waals surface area (Å²) >= 11 is 0. The zero-order valence-corrected chi connectivity index (χ0v) is 10.7. The molecule has 100 valence electrons. The Morgan fingerprint density at radius 2 is 2.10 bits per heavy atom. The van der Waals surface area contributed by atoms with Gasteiger partial charge >= 0.3 is 0 Å². The van der Waals surface area contributed by atoms with E-state index in [1.54, 1.807) is 42.5 Å². The van der Waals surface area contributed by atoms with Crippen LogP contribution in [0.25, 0.3) is 11.3 Å². The SMILES string of the molecule is Cn1ccc(C(=O)Nc2cc(-c3ccncc3)[nH]n2)n1. The van der Waals surface area contributed by atoms with Crippen molar-refractivity contribution < 1.29 is 4.79 Å². The Hall–Kier alpha value is -2.96. The molecule has 0 spiro atoms. The van der Waals surface area contributed by atoms with Gasteiger partial charge in [-0.05, 0) is 18.2 Å². The zero-order valence-electron chi connectivity index (χ0n) is 10.7. The Balaban J connectivity index is 1.76. The summed E-state index contributed by atoms with van der Waals surface area (Å²) in [6.45, 7) is 0. The first-order valence-corrected chi connectivity index (χ1v) is 5.99. The van der Waals surface area contributed by atoms with E-state index in [0.717, 1.165) is 11.3 Å². The van der Waals surface area contributed by atoms with Crippen molar-refractivity contribution in [3.8, 4) is 11.3 Å². The van der Waals surface area contributed by atoms with Gasteiger partial charge in [0.05, 0.1) is 5.69 Å². The number of H-pyrrole nitrogens is 1. The molecule has 1 amide bonds. The number of pyridine rings is 1. The van der Waals surface area contributed by atoms with E-state index in [1.165, 1.54) is 0 Å². The van der Waals surface area contributed by atoms with Crippen molar-refractivity contribution in [2.24, 2.45) is 7.05 Å². The van der Waals surface area contributed by atoms with E-state index in [4.69, 9.17) is 0 Å². The number of hydrogen-bond acceptors (Lipinski definition) is 4. The topological polar surface area (TPSA) is 88.5 Å². The van der Waals surface area contributed by atoms with Gasteiger partial charge in [0.15, 0.2) is 11.5 Å². The average molecular weight is 268 g/mol. The molecule has 0 unspecified atom stereocenters. The Bertz CT molecular complexity index is 730. The van der Waals surface area contributed by atoms with Crippen LogP contribution in [0.15, 0.2) is 42.9 Å². The monoisotopic (exact) mass is 268 g/mol. The summed E-state index contributed by atoms with van der Waals surface area (Å²) in [6, 6.07) is 7.12. The van der Waals surface area contributed by atoms with Gasteiger partial charge < -0.3 is 5.32 Å². The van der Waals surface area contributed by atoms with Gasteiger partial charge in [-0.3, -0.25) is 19.6 Å². The first-order chi connectivity index (χ1) is 9.72. The normalized spacial score (nSPS) is 10.4. The minimum atomic E-state index is -0.293. The molecule has 0 radical (unpaired) electrons. The largest absolute Gasteiger partial charge is 0.304 e. The number of aryl methyl sites for hydroxylation is 1. The maximum absolute atomic E-state index is 11.9. The molecule has 0 bridgehead atoms. The summed E-state index contributed by atoms with van der Waals surface area (Å²) in [5, 5.41) is 13.6. The standard InChI is InChI=1S/C13H12N6O/c1-19-7-4-10(18-19)13(20)15-12-8-11(16-17-12)9-2-5-14-6-3-9/h2-8H,1H3,(H2,15,16,17,20). The van der Waals surface area contributed by atoms with Gasteiger partial charge in [-0.15, -0.1) is 0 Å². The van der Waals surface area contributed by atoms with E-state index in [1.807, 2.05) is 12.1 Å². The lowest BCUT2D eigenvalue weighted by atomic mass is 10.2. The summed E-state index contributed by atoms with van der Waals surface area (Å²) in [6.07, 6.45) is 5.10. The fourth-order valence-electron chi connectivity index (χ4n) is 1.78. The highest BCUT2D eigenvalue weighted by atomic mass is 16.2. The summed E-state index contributed by atoms with van der Waals surface area (Å²) in [5.41, 5.74) is 2.11. The molecule has 0 fully saturated rings. The predicted molar refractivity (Wildman–Crippen MR) is 73.0 cm³/mol. The third kappa shape index (κ3) is 2.41. The number of nitrogens with one attached hydrogen (secondary N) is 2. The number of carbonyl (C=O) groups excluding carboxylic acids is 1. The number of aromatic amines is 1. The first-order valence-electron chi connectivity index (χ1n) is 5.99. The Labute approximate surface area is 114 Å². The summed E-state index contributed by atoms with van der Waals surface area (Å²) in [7, 11) is 1.76. The van der Waals surface area contributed by atoms with Crippen molar-refractivity contribution in [1.82, 2.24) is 25.0 Å². The molecule has 0 saturated heterocycles. The fourth-order valence-corrected chi connectivity index (χ4v) is 1.78.